The molecule has 1 aliphatic rings. The Balaban J connectivity index is 2.11. The largest absolute Gasteiger partial charge is 0.0802 e. The Morgan fingerprint density at radius 1 is 1.05 bits per heavy atom. The van der Waals surface area contributed by atoms with Crippen molar-refractivity contribution in [2.24, 2.45) is 5.41 Å². The summed E-state index contributed by atoms with van der Waals surface area (Å²) < 4.78 is 0. The van der Waals surface area contributed by atoms with Crippen molar-refractivity contribution < 1.29 is 0 Å². The molecule has 0 amide bonds. The van der Waals surface area contributed by atoms with E-state index in [1.807, 2.05) is 0 Å². The van der Waals surface area contributed by atoms with Gasteiger partial charge < -0.3 is 0 Å². The zero-order valence-corrected chi connectivity index (χ0v) is 12.5. The number of rotatable bonds is 5. The van der Waals surface area contributed by atoms with Gasteiger partial charge in [0.05, 0.1) is 0 Å². The second-order valence-corrected chi connectivity index (χ2v) is 6.13. The molecule has 1 aromatic rings. The van der Waals surface area contributed by atoms with E-state index in [9.17, 15) is 0 Å². The molecule has 0 spiro atoms. The Labute approximate surface area is 118 Å². The van der Waals surface area contributed by atoms with Crippen LogP contribution in [0.25, 0.3) is 5.57 Å². The molecule has 0 nitrogen and oxygen atoms in total. The van der Waals surface area contributed by atoms with Crippen molar-refractivity contribution in [3.8, 4) is 0 Å². The van der Waals surface area contributed by atoms with Crippen LogP contribution in [0.5, 0.6) is 0 Å². The Morgan fingerprint density at radius 3 is 2.16 bits per heavy atom. The van der Waals surface area contributed by atoms with Crippen LogP contribution in [-0.2, 0) is 0 Å². The highest BCUT2D eigenvalue weighted by molar-refractivity contribution is 5.66. The van der Waals surface area contributed by atoms with E-state index in [1.165, 1.54) is 50.5 Å². The van der Waals surface area contributed by atoms with Crippen LogP contribution in [0.2, 0.25) is 0 Å². The summed E-state index contributed by atoms with van der Waals surface area (Å²) >= 11 is 0. The van der Waals surface area contributed by atoms with Crippen LogP contribution in [-0.4, -0.2) is 0 Å². The predicted octanol–water partition coefficient (Wildman–Crippen LogP) is 6.02. The standard InChI is InChI=1S/C19H27/c1-4-12-19(13-5-2)14-10-18(11-15-19)17-8-6-16(3)7-9-17/h6-10H,3-5,11-15H2,1-2H3. The minimum absolute atomic E-state index is 0.596. The molecule has 0 bridgehead atoms. The van der Waals surface area contributed by atoms with E-state index in [0.29, 0.717) is 5.41 Å². The Bertz CT molecular complexity index is 416. The van der Waals surface area contributed by atoms with Crippen LogP contribution in [0.3, 0.4) is 0 Å². The van der Waals surface area contributed by atoms with Crippen LogP contribution < -0.4 is 0 Å². The topological polar surface area (TPSA) is 0 Å². The Kier molecular flexibility index (Phi) is 4.85. The van der Waals surface area contributed by atoms with E-state index in [2.05, 4.69) is 51.1 Å². The maximum Gasteiger partial charge on any atom is -0.0228 e. The summed E-state index contributed by atoms with van der Waals surface area (Å²) in [7, 11) is 0. The first-order chi connectivity index (χ1) is 9.19. The lowest BCUT2D eigenvalue weighted by Gasteiger charge is -2.36. The highest BCUT2D eigenvalue weighted by Crippen LogP contribution is 2.45. The predicted molar refractivity (Wildman–Crippen MR) is 85.0 cm³/mol. The highest BCUT2D eigenvalue weighted by atomic mass is 14.3. The fourth-order valence-electron chi connectivity index (χ4n) is 3.56. The van der Waals surface area contributed by atoms with Gasteiger partial charge in [0.2, 0.25) is 0 Å². The maximum absolute atomic E-state index is 3.96. The van der Waals surface area contributed by atoms with Gasteiger partial charge in [0.1, 0.15) is 0 Å². The monoisotopic (exact) mass is 255 g/mol. The summed E-state index contributed by atoms with van der Waals surface area (Å²) in [5, 5.41) is 0. The molecule has 0 fully saturated rings. The van der Waals surface area contributed by atoms with Crippen LogP contribution in [0.1, 0.15) is 69.9 Å². The molecular weight excluding hydrogens is 228 g/mol. The fourth-order valence-corrected chi connectivity index (χ4v) is 3.56. The SMILES string of the molecule is [CH2]c1ccc(C2=CCC(CCC)(CCC)CC2)cc1. The molecule has 1 aromatic carbocycles. The summed E-state index contributed by atoms with van der Waals surface area (Å²) in [4.78, 5) is 0. The van der Waals surface area contributed by atoms with Gasteiger partial charge in [-0.25, -0.2) is 0 Å². The number of benzene rings is 1. The van der Waals surface area contributed by atoms with Crippen molar-refractivity contribution in [2.45, 2.75) is 58.8 Å². The molecule has 0 heteroatoms. The molecule has 0 aliphatic heterocycles. The second kappa shape index (κ2) is 6.41. The first kappa shape index (κ1) is 14.4. The summed E-state index contributed by atoms with van der Waals surface area (Å²) in [6.45, 7) is 8.61. The zero-order valence-electron chi connectivity index (χ0n) is 12.5. The van der Waals surface area contributed by atoms with Crippen LogP contribution in [0, 0.1) is 12.3 Å². The van der Waals surface area contributed by atoms with E-state index >= 15 is 0 Å². The Morgan fingerprint density at radius 2 is 1.68 bits per heavy atom. The van der Waals surface area contributed by atoms with Crippen molar-refractivity contribution in [1.29, 1.82) is 0 Å². The molecule has 0 unspecified atom stereocenters. The molecule has 0 aromatic heterocycles. The summed E-state index contributed by atoms with van der Waals surface area (Å²) in [6.07, 6.45) is 11.8. The number of hydrogen-bond donors (Lipinski definition) is 0. The third kappa shape index (κ3) is 3.49. The first-order valence-corrected chi connectivity index (χ1v) is 7.80. The molecule has 0 saturated carbocycles. The summed E-state index contributed by atoms with van der Waals surface area (Å²) in [5.74, 6) is 0. The van der Waals surface area contributed by atoms with E-state index in [-0.39, 0.29) is 0 Å². The molecule has 19 heavy (non-hydrogen) atoms. The van der Waals surface area contributed by atoms with Crippen molar-refractivity contribution in [1.82, 2.24) is 0 Å². The lowest BCUT2D eigenvalue weighted by molar-refractivity contribution is 0.213. The minimum atomic E-state index is 0.596. The average molecular weight is 255 g/mol. The molecule has 103 valence electrons. The van der Waals surface area contributed by atoms with Crippen molar-refractivity contribution in [3.05, 3.63) is 48.4 Å². The molecule has 0 heterocycles. The number of hydrogen-bond acceptors (Lipinski definition) is 0. The van der Waals surface area contributed by atoms with Gasteiger partial charge in [0.25, 0.3) is 0 Å². The van der Waals surface area contributed by atoms with Gasteiger partial charge >= 0.3 is 0 Å². The van der Waals surface area contributed by atoms with Gasteiger partial charge in [-0.15, -0.1) is 0 Å². The summed E-state index contributed by atoms with van der Waals surface area (Å²) in [5.41, 5.74) is 4.64. The van der Waals surface area contributed by atoms with Gasteiger partial charge in [-0.3, -0.25) is 0 Å². The second-order valence-electron chi connectivity index (χ2n) is 6.13. The molecular formula is C19H27. The maximum atomic E-state index is 3.96. The normalized spacial score (nSPS) is 18.2. The average Bonchev–Trinajstić information content (AvgIpc) is 2.41. The van der Waals surface area contributed by atoms with E-state index in [0.717, 1.165) is 5.56 Å². The van der Waals surface area contributed by atoms with Crippen molar-refractivity contribution in [3.63, 3.8) is 0 Å². The summed E-state index contributed by atoms with van der Waals surface area (Å²) in [6, 6.07) is 8.69. The van der Waals surface area contributed by atoms with E-state index in [1.54, 1.807) is 5.57 Å². The smallest absolute Gasteiger partial charge is 0.0228 e. The van der Waals surface area contributed by atoms with Crippen molar-refractivity contribution in [2.75, 3.05) is 0 Å². The molecule has 0 N–H and O–H groups in total. The number of allylic oxidation sites excluding steroid dienone is 2. The first-order valence-electron chi connectivity index (χ1n) is 7.80. The van der Waals surface area contributed by atoms with Gasteiger partial charge in [0.15, 0.2) is 0 Å². The van der Waals surface area contributed by atoms with Crippen LogP contribution in [0.15, 0.2) is 30.3 Å². The van der Waals surface area contributed by atoms with Gasteiger partial charge in [-0.1, -0.05) is 57.0 Å². The van der Waals surface area contributed by atoms with Gasteiger partial charge in [0, 0.05) is 0 Å². The lowest BCUT2D eigenvalue weighted by atomic mass is 9.69. The van der Waals surface area contributed by atoms with E-state index in [4.69, 9.17) is 0 Å². The highest BCUT2D eigenvalue weighted by Gasteiger charge is 2.30. The lowest BCUT2D eigenvalue weighted by Crippen LogP contribution is -2.22. The molecule has 2 rings (SSSR count). The third-order valence-electron chi connectivity index (χ3n) is 4.59. The zero-order chi connectivity index (χ0) is 13.7. The molecule has 1 aliphatic carbocycles. The van der Waals surface area contributed by atoms with E-state index < -0.39 is 0 Å². The Hall–Kier alpha value is -1.04. The van der Waals surface area contributed by atoms with Crippen LogP contribution >= 0.6 is 0 Å². The third-order valence-corrected chi connectivity index (χ3v) is 4.59. The van der Waals surface area contributed by atoms with Gasteiger partial charge in [-0.05, 0) is 61.1 Å². The quantitative estimate of drug-likeness (QED) is 0.603. The molecule has 0 atom stereocenters. The van der Waals surface area contributed by atoms with Crippen LogP contribution in [0.4, 0.5) is 0 Å². The minimum Gasteiger partial charge on any atom is -0.0802 e. The van der Waals surface area contributed by atoms with Gasteiger partial charge in [-0.2, -0.15) is 0 Å². The molecule has 0 saturated heterocycles. The van der Waals surface area contributed by atoms with Crippen molar-refractivity contribution >= 4 is 5.57 Å². The fraction of sp³-hybridized carbons (Fsp3) is 0.526. The molecule has 1 radical (unpaired) electrons.